The maximum absolute atomic E-state index is 12.3. The maximum atomic E-state index is 12.3. The average molecular weight is 368 g/mol. The summed E-state index contributed by atoms with van der Waals surface area (Å²) < 4.78 is 0. The number of amides is 2. The third kappa shape index (κ3) is 3.09. The summed E-state index contributed by atoms with van der Waals surface area (Å²) in [4.78, 5) is 27.4. The molecule has 2 aromatic carbocycles. The fourth-order valence-electron chi connectivity index (χ4n) is 2.90. The second kappa shape index (κ2) is 6.68. The van der Waals surface area contributed by atoms with Crippen molar-refractivity contribution in [3.63, 3.8) is 0 Å². The van der Waals surface area contributed by atoms with Crippen molar-refractivity contribution in [2.45, 2.75) is 13.0 Å². The van der Waals surface area contributed by atoms with E-state index in [2.05, 4.69) is 15.4 Å². The number of nitrogens with zero attached hydrogens (tertiary/aromatic N) is 5. The van der Waals surface area contributed by atoms with Gasteiger partial charge in [0.25, 0.3) is 11.8 Å². The van der Waals surface area contributed by atoms with Crippen molar-refractivity contribution in [2.75, 3.05) is 6.54 Å². The summed E-state index contributed by atoms with van der Waals surface area (Å²) in [5.74, 6) is -0.0857. The van der Waals surface area contributed by atoms with Gasteiger partial charge in [-0.15, -0.1) is 10.2 Å². The van der Waals surface area contributed by atoms with Crippen LogP contribution in [0.15, 0.2) is 48.5 Å². The molecule has 130 valence electrons. The quantitative estimate of drug-likeness (QED) is 0.646. The second-order valence-electron chi connectivity index (χ2n) is 5.92. The van der Waals surface area contributed by atoms with Gasteiger partial charge in [-0.3, -0.25) is 14.5 Å². The van der Waals surface area contributed by atoms with Crippen molar-refractivity contribution in [1.82, 2.24) is 25.1 Å². The Bertz CT molecular complexity index is 966. The van der Waals surface area contributed by atoms with Crippen molar-refractivity contribution in [3.05, 3.63) is 76.1 Å². The van der Waals surface area contributed by atoms with Crippen LogP contribution in [0.25, 0.3) is 0 Å². The van der Waals surface area contributed by atoms with Gasteiger partial charge < -0.3 is 0 Å². The molecule has 0 N–H and O–H groups in total. The first-order chi connectivity index (χ1) is 12.6. The van der Waals surface area contributed by atoms with Gasteiger partial charge in [0.2, 0.25) is 0 Å². The number of fused-ring (bicyclic) bond motifs is 1. The zero-order chi connectivity index (χ0) is 18.1. The number of carbonyl (C=O) groups excluding carboxylic acids is 2. The number of hydrogen-bond acceptors (Lipinski definition) is 5. The van der Waals surface area contributed by atoms with Crippen LogP contribution in [-0.2, 0) is 13.0 Å². The molecule has 0 aliphatic carbocycles. The molecular formula is C18H14ClN5O2. The number of benzene rings is 2. The zero-order valence-corrected chi connectivity index (χ0v) is 14.4. The molecule has 1 aromatic heterocycles. The minimum absolute atomic E-state index is 0.217. The Morgan fingerprint density at radius 2 is 1.69 bits per heavy atom. The van der Waals surface area contributed by atoms with Crippen LogP contribution in [0.5, 0.6) is 0 Å². The number of rotatable bonds is 5. The number of halogens is 1. The standard InChI is InChI=1S/C18H14ClN5O2/c19-13-5-3-4-12(10-13)11-24-21-16(20-22-24)8-9-23-17(25)14-6-1-2-7-15(14)18(23)26/h1-7,10H,8-9,11H2. The first-order valence-corrected chi connectivity index (χ1v) is 8.46. The highest BCUT2D eigenvalue weighted by atomic mass is 35.5. The van der Waals surface area contributed by atoms with E-state index in [1.807, 2.05) is 18.2 Å². The van der Waals surface area contributed by atoms with Crippen LogP contribution < -0.4 is 0 Å². The van der Waals surface area contributed by atoms with E-state index in [0.717, 1.165) is 5.56 Å². The van der Waals surface area contributed by atoms with Gasteiger partial charge in [-0.25, -0.2) is 0 Å². The molecule has 8 heteroatoms. The van der Waals surface area contributed by atoms with Crippen LogP contribution in [0.3, 0.4) is 0 Å². The van der Waals surface area contributed by atoms with Crippen molar-refractivity contribution < 1.29 is 9.59 Å². The minimum Gasteiger partial charge on any atom is -0.274 e. The molecule has 2 amide bonds. The van der Waals surface area contributed by atoms with E-state index in [-0.39, 0.29) is 18.4 Å². The largest absolute Gasteiger partial charge is 0.274 e. The van der Waals surface area contributed by atoms with Crippen LogP contribution >= 0.6 is 11.6 Å². The van der Waals surface area contributed by atoms with Gasteiger partial charge in [-0.1, -0.05) is 35.9 Å². The van der Waals surface area contributed by atoms with Gasteiger partial charge >= 0.3 is 0 Å². The lowest BCUT2D eigenvalue weighted by atomic mass is 10.1. The highest BCUT2D eigenvalue weighted by Gasteiger charge is 2.34. The van der Waals surface area contributed by atoms with Crippen LogP contribution in [0.1, 0.15) is 32.1 Å². The van der Waals surface area contributed by atoms with E-state index in [9.17, 15) is 9.59 Å². The Balaban J connectivity index is 1.41. The molecular weight excluding hydrogens is 354 g/mol. The van der Waals surface area contributed by atoms with Gasteiger partial charge in [0, 0.05) is 18.0 Å². The molecule has 0 unspecified atom stereocenters. The second-order valence-corrected chi connectivity index (χ2v) is 6.36. The van der Waals surface area contributed by atoms with Crippen LogP contribution in [0.4, 0.5) is 0 Å². The first kappa shape index (κ1) is 16.4. The number of hydrogen-bond donors (Lipinski definition) is 0. The molecule has 0 saturated carbocycles. The van der Waals surface area contributed by atoms with Crippen LogP contribution in [-0.4, -0.2) is 43.5 Å². The maximum Gasteiger partial charge on any atom is 0.261 e. The predicted molar refractivity (Wildman–Crippen MR) is 93.9 cm³/mol. The lowest BCUT2D eigenvalue weighted by molar-refractivity contribution is 0.0655. The molecule has 0 atom stereocenters. The smallest absolute Gasteiger partial charge is 0.261 e. The molecule has 26 heavy (non-hydrogen) atoms. The highest BCUT2D eigenvalue weighted by molar-refractivity contribution is 6.30. The Morgan fingerprint density at radius 1 is 0.962 bits per heavy atom. The molecule has 4 rings (SSSR count). The SMILES string of the molecule is O=C1c2ccccc2C(=O)N1CCc1nnn(Cc2cccc(Cl)c2)n1. The van der Waals surface area contributed by atoms with E-state index in [1.165, 1.54) is 9.70 Å². The third-order valence-corrected chi connectivity index (χ3v) is 4.38. The number of tetrazole rings is 1. The summed E-state index contributed by atoms with van der Waals surface area (Å²) in [5, 5.41) is 12.9. The molecule has 1 aliphatic heterocycles. The van der Waals surface area contributed by atoms with Crippen LogP contribution in [0.2, 0.25) is 5.02 Å². The highest BCUT2D eigenvalue weighted by Crippen LogP contribution is 2.22. The van der Waals surface area contributed by atoms with Gasteiger partial charge in [-0.2, -0.15) is 4.80 Å². The van der Waals surface area contributed by atoms with Crippen molar-refractivity contribution in [1.29, 1.82) is 0 Å². The molecule has 0 saturated heterocycles. The lowest BCUT2D eigenvalue weighted by Gasteiger charge is -2.11. The van der Waals surface area contributed by atoms with E-state index in [0.29, 0.717) is 34.9 Å². The van der Waals surface area contributed by atoms with Gasteiger partial charge in [0.05, 0.1) is 17.7 Å². The minimum atomic E-state index is -0.281. The summed E-state index contributed by atoms with van der Waals surface area (Å²) in [5.41, 5.74) is 1.84. The number of aromatic nitrogens is 4. The molecule has 0 radical (unpaired) electrons. The monoisotopic (exact) mass is 367 g/mol. The van der Waals surface area contributed by atoms with E-state index < -0.39 is 0 Å². The Morgan fingerprint density at radius 3 is 2.38 bits per heavy atom. The summed E-state index contributed by atoms with van der Waals surface area (Å²) in [6.07, 6.45) is 0.348. The summed E-state index contributed by atoms with van der Waals surface area (Å²) in [6, 6.07) is 14.2. The molecule has 0 bridgehead atoms. The van der Waals surface area contributed by atoms with E-state index in [4.69, 9.17) is 11.6 Å². The number of imide groups is 1. The Kier molecular flexibility index (Phi) is 4.22. The third-order valence-electron chi connectivity index (χ3n) is 4.14. The number of carbonyl (C=O) groups is 2. The lowest BCUT2D eigenvalue weighted by Crippen LogP contribution is -2.32. The average Bonchev–Trinajstić information content (AvgIpc) is 3.17. The molecule has 0 spiro atoms. The van der Waals surface area contributed by atoms with Crippen LogP contribution in [0, 0.1) is 0 Å². The molecule has 0 fully saturated rings. The molecule has 7 nitrogen and oxygen atoms in total. The molecule has 1 aliphatic rings. The molecule has 2 heterocycles. The van der Waals surface area contributed by atoms with E-state index >= 15 is 0 Å². The van der Waals surface area contributed by atoms with Gasteiger partial charge in [-0.05, 0) is 35.0 Å². The van der Waals surface area contributed by atoms with Crippen molar-refractivity contribution in [3.8, 4) is 0 Å². The van der Waals surface area contributed by atoms with Gasteiger partial charge in [0.15, 0.2) is 5.82 Å². The van der Waals surface area contributed by atoms with Crippen molar-refractivity contribution >= 4 is 23.4 Å². The predicted octanol–water partition coefficient (Wildman–Crippen LogP) is 2.21. The topological polar surface area (TPSA) is 81.0 Å². The Labute approximate surface area is 154 Å². The fraction of sp³-hybridized carbons (Fsp3) is 0.167. The molecule has 3 aromatic rings. The Hall–Kier alpha value is -3.06. The summed E-state index contributed by atoms with van der Waals surface area (Å²) >= 11 is 5.97. The van der Waals surface area contributed by atoms with Gasteiger partial charge in [0.1, 0.15) is 0 Å². The normalized spacial score (nSPS) is 13.3. The fourth-order valence-corrected chi connectivity index (χ4v) is 3.11. The van der Waals surface area contributed by atoms with E-state index in [1.54, 1.807) is 30.3 Å². The summed E-state index contributed by atoms with van der Waals surface area (Å²) in [6.45, 7) is 0.662. The van der Waals surface area contributed by atoms with Crippen molar-refractivity contribution in [2.24, 2.45) is 0 Å². The summed E-state index contributed by atoms with van der Waals surface area (Å²) in [7, 11) is 0. The first-order valence-electron chi connectivity index (χ1n) is 8.08. The zero-order valence-electron chi connectivity index (χ0n) is 13.7.